The summed E-state index contributed by atoms with van der Waals surface area (Å²) in [4.78, 5) is 12.7. The fourth-order valence-electron chi connectivity index (χ4n) is 3.83. The third kappa shape index (κ3) is 5.90. The summed E-state index contributed by atoms with van der Waals surface area (Å²) in [7, 11) is -3.35. The molecule has 1 atom stereocenters. The Hall–Kier alpha value is -2.18. The van der Waals surface area contributed by atoms with Gasteiger partial charge in [0.2, 0.25) is 15.9 Å². The first-order valence-corrected chi connectivity index (χ1v) is 11.9. The van der Waals surface area contributed by atoms with Crippen LogP contribution in [-0.2, 0) is 21.2 Å². The first kappa shape index (κ1) is 21.5. The normalized spacial score (nSPS) is 17.8. The molecule has 1 heterocycles. The molecule has 1 aliphatic rings. The van der Waals surface area contributed by atoms with E-state index in [9.17, 15) is 13.2 Å². The number of rotatable bonds is 7. The van der Waals surface area contributed by atoms with Crippen molar-refractivity contribution in [2.75, 3.05) is 24.2 Å². The quantitative estimate of drug-likeness (QED) is 0.747. The van der Waals surface area contributed by atoms with E-state index in [-0.39, 0.29) is 24.1 Å². The molecular weight excluding hydrogens is 384 g/mol. The maximum absolute atomic E-state index is 12.8. The fourth-order valence-corrected chi connectivity index (χ4v) is 5.41. The van der Waals surface area contributed by atoms with Crippen LogP contribution in [0, 0.1) is 19.8 Å². The molecule has 1 amide bonds. The molecule has 0 saturated carbocycles. The van der Waals surface area contributed by atoms with Crippen molar-refractivity contribution >= 4 is 21.6 Å². The van der Waals surface area contributed by atoms with E-state index in [2.05, 4.69) is 5.32 Å². The number of nitrogens with one attached hydrogen (secondary N) is 1. The Bertz CT molecular complexity index is 942. The number of hydrogen-bond acceptors (Lipinski definition) is 3. The van der Waals surface area contributed by atoms with Gasteiger partial charge in [0.1, 0.15) is 0 Å². The minimum Gasteiger partial charge on any atom is -0.326 e. The Morgan fingerprint density at radius 3 is 2.62 bits per heavy atom. The summed E-state index contributed by atoms with van der Waals surface area (Å²) < 4.78 is 27.1. The molecule has 5 nitrogen and oxygen atoms in total. The van der Waals surface area contributed by atoms with E-state index < -0.39 is 10.0 Å². The number of carbonyl (C=O) groups excluding carboxylic acids is 1. The van der Waals surface area contributed by atoms with Gasteiger partial charge in [-0.1, -0.05) is 48.0 Å². The highest BCUT2D eigenvalue weighted by atomic mass is 32.2. The molecule has 1 saturated heterocycles. The highest BCUT2D eigenvalue weighted by Crippen LogP contribution is 2.23. The summed E-state index contributed by atoms with van der Waals surface area (Å²) in [5, 5.41) is 2.98. The first-order chi connectivity index (χ1) is 13.8. The molecule has 0 spiro atoms. The molecule has 2 aromatic carbocycles. The first-order valence-electron chi connectivity index (χ1n) is 10.2. The second-order valence-corrected chi connectivity index (χ2v) is 10.00. The summed E-state index contributed by atoms with van der Waals surface area (Å²) >= 11 is 0. The predicted molar refractivity (Wildman–Crippen MR) is 117 cm³/mol. The maximum Gasteiger partial charge on any atom is 0.228 e. The van der Waals surface area contributed by atoms with Gasteiger partial charge in [0.15, 0.2) is 0 Å². The van der Waals surface area contributed by atoms with Crippen LogP contribution in [0.5, 0.6) is 0 Å². The van der Waals surface area contributed by atoms with Gasteiger partial charge in [-0.2, -0.15) is 0 Å². The van der Waals surface area contributed by atoms with Crippen LogP contribution in [0.15, 0.2) is 48.5 Å². The van der Waals surface area contributed by atoms with E-state index in [1.165, 1.54) is 4.31 Å². The summed E-state index contributed by atoms with van der Waals surface area (Å²) in [5.41, 5.74) is 4.10. The second-order valence-electron chi connectivity index (χ2n) is 7.91. The van der Waals surface area contributed by atoms with Crippen LogP contribution < -0.4 is 5.32 Å². The molecule has 6 heteroatoms. The van der Waals surface area contributed by atoms with Crippen LogP contribution in [0.3, 0.4) is 0 Å². The minimum absolute atomic E-state index is 0.0962. The van der Waals surface area contributed by atoms with Crippen LogP contribution in [0.2, 0.25) is 0 Å². The molecule has 0 aliphatic carbocycles. The van der Waals surface area contributed by atoms with Crippen molar-refractivity contribution in [3.63, 3.8) is 0 Å². The molecule has 0 bridgehead atoms. The zero-order valence-electron chi connectivity index (χ0n) is 17.2. The lowest BCUT2D eigenvalue weighted by Crippen LogP contribution is -2.44. The van der Waals surface area contributed by atoms with E-state index in [1.807, 2.05) is 62.4 Å². The number of carbonyl (C=O) groups is 1. The number of amides is 1. The molecule has 1 N–H and O–H groups in total. The van der Waals surface area contributed by atoms with Crippen LogP contribution in [0.4, 0.5) is 5.69 Å². The third-order valence-corrected chi connectivity index (χ3v) is 7.42. The maximum atomic E-state index is 12.8. The smallest absolute Gasteiger partial charge is 0.228 e. The van der Waals surface area contributed by atoms with Crippen molar-refractivity contribution in [3.05, 3.63) is 65.2 Å². The molecule has 0 unspecified atom stereocenters. The zero-order chi connectivity index (χ0) is 20.9. The predicted octanol–water partition coefficient (Wildman–Crippen LogP) is 3.92. The topological polar surface area (TPSA) is 66.5 Å². The second kappa shape index (κ2) is 9.55. The number of nitrogens with zero attached hydrogens (tertiary/aromatic N) is 1. The molecule has 1 fully saturated rings. The van der Waals surface area contributed by atoms with E-state index >= 15 is 0 Å². The van der Waals surface area contributed by atoms with Crippen LogP contribution in [0.25, 0.3) is 0 Å². The van der Waals surface area contributed by atoms with Gasteiger partial charge in [0.25, 0.3) is 0 Å². The van der Waals surface area contributed by atoms with Crippen molar-refractivity contribution in [3.8, 4) is 0 Å². The average Bonchev–Trinajstić information content (AvgIpc) is 2.71. The summed E-state index contributed by atoms with van der Waals surface area (Å²) in [6.07, 6.45) is 2.75. The van der Waals surface area contributed by atoms with Gasteiger partial charge in [0.05, 0.1) is 11.7 Å². The van der Waals surface area contributed by atoms with Crippen molar-refractivity contribution < 1.29 is 13.2 Å². The monoisotopic (exact) mass is 414 g/mol. The van der Waals surface area contributed by atoms with Gasteiger partial charge in [-0.3, -0.25) is 4.79 Å². The minimum atomic E-state index is -3.35. The molecule has 0 radical (unpaired) electrons. The summed E-state index contributed by atoms with van der Waals surface area (Å²) in [5.74, 6) is -0.290. The highest BCUT2D eigenvalue weighted by molar-refractivity contribution is 7.89. The number of anilines is 1. The van der Waals surface area contributed by atoms with Crippen molar-refractivity contribution in [1.29, 1.82) is 0 Å². The number of hydrogen-bond donors (Lipinski definition) is 1. The SMILES string of the molecule is Cc1ccc(NC(=O)[C@@H]2CCCN(S(=O)(=O)CCCc3ccccc3)C2)c(C)c1. The molecule has 2 aromatic rings. The van der Waals surface area contributed by atoms with E-state index in [1.54, 1.807) is 0 Å². The van der Waals surface area contributed by atoms with Crippen LogP contribution in [0.1, 0.15) is 36.0 Å². The van der Waals surface area contributed by atoms with E-state index in [4.69, 9.17) is 0 Å². The standard InChI is InChI=1S/C23H30N2O3S/c1-18-12-13-22(19(2)16-18)24-23(26)21-11-6-14-25(17-21)29(27,28)15-7-10-20-8-4-3-5-9-20/h3-5,8-9,12-13,16,21H,6-7,10-11,14-15,17H2,1-2H3,(H,24,26)/t21-/m1/s1. The lowest BCUT2D eigenvalue weighted by molar-refractivity contribution is -0.120. The van der Waals surface area contributed by atoms with Gasteiger partial charge in [-0.15, -0.1) is 0 Å². The molecule has 3 rings (SSSR count). The summed E-state index contributed by atoms with van der Waals surface area (Å²) in [6.45, 7) is 4.75. The molecule has 29 heavy (non-hydrogen) atoms. The number of piperidine rings is 1. The Morgan fingerprint density at radius 1 is 1.14 bits per heavy atom. The average molecular weight is 415 g/mol. The van der Waals surface area contributed by atoms with Crippen LogP contribution >= 0.6 is 0 Å². The summed E-state index contributed by atoms with van der Waals surface area (Å²) in [6, 6.07) is 15.8. The van der Waals surface area contributed by atoms with Crippen molar-refractivity contribution in [1.82, 2.24) is 4.31 Å². The lowest BCUT2D eigenvalue weighted by Gasteiger charge is -2.31. The third-order valence-electron chi connectivity index (χ3n) is 5.50. The van der Waals surface area contributed by atoms with Gasteiger partial charge >= 0.3 is 0 Å². The van der Waals surface area contributed by atoms with Gasteiger partial charge in [-0.05, 0) is 56.7 Å². The lowest BCUT2D eigenvalue weighted by atomic mass is 9.98. The van der Waals surface area contributed by atoms with Gasteiger partial charge in [-0.25, -0.2) is 12.7 Å². The Balaban J connectivity index is 1.56. The Morgan fingerprint density at radius 2 is 1.90 bits per heavy atom. The molecule has 156 valence electrons. The Kier molecular flexibility index (Phi) is 7.09. The van der Waals surface area contributed by atoms with Crippen molar-refractivity contribution in [2.24, 2.45) is 5.92 Å². The molecule has 1 aliphatic heterocycles. The van der Waals surface area contributed by atoms with Gasteiger partial charge < -0.3 is 5.32 Å². The van der Waals surface area contributed by atoms with Gasteiger partial charge in [0, 0.05) is 18.8 Å². The molecule has 0 aromatic heterocycles. The zero-order valence-corrected chi connectivity index (χ0v) is 18.0. The number of sulfonamides is 1. The molecular formula is C23H30N2O3S. The van der Waals surface area contributed by atoms with Crippen LogP contribution in [-0.4, -0.2) is 37.5 Å². The van der Waals surface area contributed by atoms with E-state index in [0.717, 1.165) is 28.8 Å². The largest absolute Gasteiger partial charge is 0.326 e. The van der Waals surface area contributed by atoms with E-state index in [0.29, 0.717) is 25.8 Å². The fraction of sp³-hybridized carbons (Fsp3) is 0.435. The number of aryl methyl sites for hydroxylation is 3. The highest BCUT2D eigenvalue weighted by Gasteiger charge is 2.32. The number of benzene rings is 2. The Labute approximate surface area is 174 Å². The van der Waals surface area contributed by atoms with Crippen molar-refractivity contribution in [2.45, 2.75) is 39.5 Å².